The first-order valence-corrected chi connectivity index (χ1v) is 16.6. The van der Waals surface area contributed by atoms with E-state index in [9.17, 15) is 27.6 Å². The fourth-order valence-electron chi connectivity index (χ4n) is 6.88. The maximum atomic E-state index is 17.1. The lowest BCUT2D eigenvalue weighted by Gasteiger charge is -2.44. The molecule has 6 rings (SSSR count). The lowest BCUT2D eigenvalue weighted by atomic mass is 9.92. The van der Waals surface area contributed by atoms with Crippen molar-refractivity contribution in [2.24, 2.45) is 0 Å². The predicted octanol–water partition coefficient (Wildman–Crippen LogP) is 5.97. The first kappa shape index (κ1) is 35.2. The summed E-state index contributed by atoms with van der Waals surface area (Å²) in [6.45, 7) is 8.19. The van der Waals surface area contributed by atoms with Gasteiger partial charge in [0.05, 0.1) is 21.9 Å². The highest BCUT2D eigenvalue weighted by Gasteiger charge is 2.40. The van der Waals surface area contributed by atoms with Crippen molar-refractivity contribution >= 4 is 49.1 Å². The normalized spacial score (nSPS) is 21.6. The van der Waals surface area contributed by atoms with Crippen LogP contribution in [0.5, 0.6) is 6.01 Å². The highest BCUT2D eigenvalue weighted by molar-refractivity contribution is 7.23. The van der Waals surface area contributed by atoms with Gasteiger partial charge in [0, 0.05) is 61.2 Å². The zero-order chi connectivity index (χ0) is 36.2. The number of nitrogens with zero attached hydrogens (tertiary/aromatic N) is 6. The predicted molar refractivity (Wildman–Crippen MR) is 180 cm³/mol. The molecule has 2 aliphatic rings. The van der Waals surface area contributed by atoms with Crippen molar-refractivity contribution in [2.75, 3.05) is 51.0 Å². The fraction of sp³-hybridized carbons (Fsp3) is 0.412. The van der Waals surface area contributed by atoms with Gasteiger partial charge in [-0.25, -0.2) is 8.78 Å². The second kappa shape index (κ2) is 13.3. The average molecular weight is 716 g/mol. The fourth-order valence-corrected chi connectivity index (χ4v) is 7.83. The number of nitrogens with two attached hydrogens (primary N) is 1. The second-order valence-corrected chi connectivity index (χ2v) is 13.7. The van der Waals surface area contributed by atoms with Crippen LogP contribution in [0.15, 0.2) is 30.9 Å². The van der Waals surface area contributed by atoms with Crippen molar-refractivity contribution in [1.82, 2.24) is 19.8 Å². The lowest BCUT2D eigenvalue weighted by molar-refractivity contribution is -0.137. The summed E-state index contributed by atoms with van der Waals surface area (Å²) < 4.78 is 88.3. The van der Waals surface area contributed by atoms with Gasteiger partial charge in [0.25, 0.3) is 0 Å². The maximum Gasteiger partial charge on any atom is 0.417 e. The van der Waals surface area contributed by atoms with Gasteiger partial charge in [0.15, 0.2) is 5.82 Å². The highest BCUT2D eigenvalue weighted by Crippen LogP contribution is 2.48. The molecule has 2 aromatic carbocycles. The van der Waals surface area contributed by atoms with Crippen molar-refractivity contribution in [3.63, 3.8) is 0 Å². The van der Waals surface area contributed by atoms with E-state index in [0.29, 0.717) is 24.3 Å². The molecule has 2 fully saturated rings. The Morgan fingerprint density at radius 1 is 1.20 bits per heavy atom. The highest BCUT2D eigenvalue weighted by atomic mass is 32.1. The largest absolute Gasteiger partial charge is 0.462 e. The van der Waals surface area contributed by atoms with Gasteiger partial charge in [-0.3, -0.25) is 9.69 Å². The van der Waals surface area contributed by atoms with Crippen LogP contribution in [0.2, 0.25) is 0 Å². The number of nitrogen functional groups attached to an aromatic ring is 1. The number of nitriles is 1. The van der Waals surface area contributed by atoms with E-state index in [1.54, 1.807) is 30.8 Å². The molecule has 10 nitrogen and oxygen atoms in total. The molecule has 2 N–H and O–H groups in total. The molecule has 0 aliphatic carbocycles. The third kappa shape index (κ3) is 6.07. The number of amides is 1. The quantitative estimate of drug-likeness (QED) is 0.182. The molecule has 0 radical (unpaired) electrons. The van der Waals surface area contributed by atoms with Gasteiger partial charge in [-0.15, -0.1) is 11.3 Å². The van der Waals surface area contributed by atoms with Crippen molar-refractivity contribution < 1.29 is 36.2 Å². The van der Waals surface area contributed by atoms with Gasteiger partial charge in [0.1, 0.15) is 34.8 Å². The summed E-state index contributed by atoms with van der Waals surface area (Å²) >= 11 is 0.687. The number of anilines is 2. The van der Waals surface area contributed by atoms with Crippen LogP contribution in [-0.2, 0) is 15.7 Å². The van der Waals surface area contributed by atoms with E-state index in [4.69, 9.17) is 15.2 Å². The van der Waals surface area contributed by atoms with E-state index in [1.165, 1.54) is 6.08 Å². The van der Waals surface area contributed by atoms with E-state index >= 15 is 4.39 Å². The van der Waals surface area contributed by atoms with Crippen LogP contribution < -0.4 is 15.4 Å². The molecular weight excluding hydrogens is 681 g/mol. The molecule has 0 spiro atoms. The van der Waals surface area contributed by atoms with E-state index in [0.717, 1.165) is 18.2 Å². The molecular formula is C34H34F5N7O3S. The molecule has 2 saturated heterocycles. The SMILES string of the molecule is C=CC(=O)N1CC(C)N(c2nc(OCC3CC(OC)CN3C)nc3c(F)c(-c4ccc(F)c5sc(N)c(C#N)c45)c(C(F)(F)F)cc23)CC1C. The third-order valence-electron chi connectivity index (χ3n) is 9.50. The number of hydrogen-bond acceptors (Lipinski definition) is 10. The maximum absolute atomic E-state index is 17.1. The summed E-state index contributed by atoms with van der Waals surface area (Å²) in [5, 5.41) is 9.24. The Morgan fingerprint density at radius 3 is 2.58 bits per heavy atom. The summed E-state index contributed by atoms with van der Waals surface area (Å²) in [5.41, 5.74) is 2.58. The number of piperazine rings is 1. The number of methoxy groups -OCH3 is 1. The molecule has 2 aliphatic heterocycles. The molecule has 2 aromatic heterocycles. The number of alkyl halides is 3. The van der Waals surface area contributed by atoms with Gasteiger partial charge >= 0.3 is 12.2 Å². The summed E-state index contributed by atoms with van der Waals surface area (Å²) in [4.78, 5) is 26.8. The van der Waals surface area contributed by atoms with Gasteiger partial charge in [0.2, 0.25) is 5.91 Å². The number of carbonyl (C=O) groups excluding carboxylic acids is 1. The number of thiophene rings is 1. The zero-order valence-electron chi connectivity index (χ0n) is 27.6. The molecule has 4 unspecified atom stereocenters. The molecule has 4 atom stereocenters. The van der Waals surface area contributed by atoms with E-state index < -0.39 is 46.5 Å². The number of likely N-dealkylation sites (tertiary alicyclic amines) is 1. The van der Waals surface area contributed by atoms with Crippen LogP contribution in [-0.4, -0.2) is 90.3 Å². The number of hydrogen-bond donors (Lipinski definition) is 1. The minimum atomic E-state index is -5.11. The number of carbonyl (C=O) groups is 1. The lowest BCUT2D eigenvalue weighted by Crippen LogP contribution is -2.58. The Labute approximate surface area is 288 Å². The molecule has 1 amide bonds. The smallest absolute Gasteiger partial charge is 0.417 e. The van der Waals surface area contributed by atoms with Crippen molar-refractivity contribution in [2.45, 2.75) is 50.7 Å². The number of rotatable bonds is 7. The average Bonchev–Trinajstić information content (AvgIpc) is 3.62. The number of likely N-dealkylation sites (N-methyl/N-ethyl adjacent to an activating group) is 1. The van der Waals surface area contributed by atoms with Gasteiger partial charge in [-0.05, 0) is 51.1 Å². The van der Waals surface area contributed by atoms with Crippen LogP contribution in [0.25, 0.3) is 32.1 Å². The Morgan fingerprint density at radius 2 is 1.94 bits per heavy atom. The minimum absolute atomic E-state index is 0.0118. The summed E-state index contributed by atoms with van der Waals surface area (Å²) in [6, 6.07) is 3.27. The summed E-state index contributed by atoms with van der Waals surface area (Å²) in [5.74, 6) is -2.49. The Bertz CT molecular complexity index is 2050. The second-order valence-electron chi connectivity index (χ2n) is 12.6. The first-order valence-electron chi connectivity index (χ1n) is 15.8. The summed E-state index contributed by atoms with van der Waals surface area (Å²) in [7, 11) is 3.51. The number of ether oxygens (including phenoxy) is 2. The van der Waals surface area contributed by atoms with Crippen LogP contribution >= 0.6 is 11.3 Å². The molecule has 4 aromatic rings. The number of fused-ring (bicyclic) bond motifs is 2. The zero-order valence-corrected chi connectivity index (χ0v) is 28.5. The standard InChI is InChI=1S/C34H34F5N7O3S/c1-6-25(47)45-12-17(3)46(13-16(45)2)32-21-10-23(34(37,38)39)27(20-7-8-24(35)30-26(20)22(11-40)31(41)50-30)28(36)29(21)42-33(43-32)49-15-18-9-19(48-5)14-44(18)4/h6-8,10,16-19H,1,9,12-15,41H2,2-5H3. The Hall–Kier alpha value is -4.59. The van der Waals surface area contributed by atoms with Crippen LogP contribution in [0, 0.1) is 23.0 Å². The minimum Gasteiger partial charge on any atom is -0.462 e. The van der Waals surface area contributed by atoms with Crippen LogP contribution in [0.3, 0.4) is 0 Å². The van der Waals surface area contributed by atoms with Crippen molar-refractivity contribution in [1.29, 1.82) is 5.26 Å². The molecule has 0 bridgehead atoms. The van der Waals surface area contributed by atoms with Crippen molar-refractivity contribution in [3.8, 4) is 23.2 Å². The Balaban J connectivity index is 1.59. The van der Waals surface area contributed by atoms with Gasteiger partial charge < -0.3 is 25.0 Å². The third-order valence-corrected chi connectivity index (χ3v) is 10.5. The molecule has 264 valence electrons. The van der Waals surface area contributed by atoms with E-state index in [-0.39, 0.29) is 81.2 Å². The number of benzene rings is 2. The molecule has 0 saturated carbocycles. The monoisotopic (exact) mass is 715 g/mol. The first-order chi connectivity index (χ1) is 23.7. The van der Waals surface area contributed by atoms with Gasteiger partial charge in [-0.1, -0.05) is 12.6 Å². The number of halogens is 5. The molecule has 50 heavy (non-hydrogen) atoms. The van der Waals surface area contributed by atoms with Gasteiger partial charge in [-0.2, -0.15) is 28.4 Å². The van der Waals surface area contributed by atoms with Crippen LogP contribution in [0.4, 0.5) is 32.8 Å². The Kier molecular flexibility index (Phi) is 9.35. The number of aromatic nitrogens is 2. The topological polar surface area (TPSA) is 121 Å². The van der Waals surface area contributed by atoms with Crippen LogP contribution in [0.1, 0.15) is 31.4 Å². The summed E-state index contributed by atoms with van der Waals surface area (Å²) in [6.07, 6.45) is -3.31. The molecule has 16 heteroatoms. The van der Waals surface area contributed by atoms with E-state index in [1.807, 2.05) is 18.0 Å². The van der Waals surface area contributed by atoms with Crippen molar-refractivity contribution in [3.05, 3.63) is 53.6 Å². The molecule has 4 heterocycles. The van der Waals surface area contributed by atoms with E-state index in [2.05, 4.69) is 16.5 Å².